The lowest BCUT2D eigenvalue weighted by atomic mass is 10.1. The van der Waals surface area contributed by atoms with E-state index in [1.54, 1.807) is 6.92 Å². The predicted octanol–water partition coefficient (Wildman–Crippen LogP) is 1.99. The average molecular weight is 276 g/mol. The average Bonchev–Trinajstić information content (AvgIpc) is 2.83. The molecule has 4 nitrogen and oxygen atoms in total. The second kappa shape index (κ2) is 4.88. The molecule has 2 atom stereocenters. The summed E-state index contributed by atoms with van der Waals surface area (Å²) in [4.78, 5) is 14.5. The second-order valence-corrected chi connectivity index (χ2v) is 4.76. The Morgan fingerprint density at radius 3 is 2.63 bits per heavy atom. The normalized spacial score (nSPS) is 25.6. The molecule has 1 saturated heterocycles. The van der Waals surface area contributed by atoms with Gasteiger partial charge < -0.3 is 9.32 Å². The highest BCUT2D eigenvalue weighted by atomic mass is 19.4. The van der Waals surface area contributed by atoms with Crippen LogP contribution in [0.15, 0.2) is 22.8 Å². The number of amides is 1. The Kier molecular flexibility index (Phi) is 3.58. The number of piperazine rings is 1. The molecule has 0 radical (unpaired) electrons. The van der Waals surface area contributed by atoms with Gasteiger partial charge in [-0.15, -0.1) is 0 Å². The molecule has 1 aromatic heterocycles. The van der Waals surface area contributed by atoms with E-state index in [-0.39, 0.29) is 24.9 Å². The fourth-order valence-corrected chi connectivity index (χ4v) is 2.22. The molecule has 2 unspecified atom stereocenters. The fraction of sp³-hybridized carbons (Fsp3) is 0.583. The molecule has 1 amide bonds. The van der Waals surface area contributed by atoms with Crippen molar-refractivity contribution in [3.05, 3.63) is 24.2 Å². The molecular formula is C12H15F3N2O2. The molecule has 0 saturated carbocycles. The molecule has 0 aliphatic carbocycles. The van der Waals surface area contributed by atoms with Crippen molar-refractivity contribution in [2.75, 3.05) is 20.1 Å². The Balaban J connectivity index is 2.18. The minimum atomic E-state index is -4.36. The summed E-state index contributed by atoms with van der Waals surface area (Å²) in [7, 11) is 1.43. The van der Waals surface area contributed by atoms with Crippen LogP contribution in [0.2, 0.25) is 0 Å². The van der Waals surface area contributed by atoms with Gasteiger partial charge in [-0.2, -0.15) is 13.2 Å². The number of carbonyl (C=O) groups is 1. The lowest BCUT2D eigenvalue weighted by Crippen LogP contribution is -2.62. The van der Waals surface area contributed by atoms with Crippen molar-refractivity contribution in [2.24, 2.45) is 0 Å². The first-order valence-corrected chi connectivity index (χ1v) is 5.92. The Morgan fingerprint density at radius 2 is 2.11 bits per heavy atom. The summed E-state index contributed by atoms with van der Waals surface area (Å²) in [5, 5.41) is 0. The Labute approximate surface area is 108 Å². The molecule has 0 aromatic carbocycles. The van der Waals surface area contributed by atoms with Crippen LogP contribution in [-0.2, 0) is 0 Å². The lowest BCUT2D eigenvalue weighted by Gasteiger charge is -2.43. The minimum Gasteiger partial charge on any atom is -0.459 e. The molecule has 19 heavy (non-hydrogen) atoms. The van der Waals surface area contributed by atoms with Crippen LogP contribution in [0.1, 0.15) is 17.5 Å². The lowest BCUT2D eigenvalue weighted by molar-refractivity contribution is -0.197. The molecular weight excluding hydrogens is 261 g/mol. The van der Waals surface area contributed by atoms with E-state index in [4.69, 9.17) is 4.42 Å². The van der Waals surface area contributed by atoms with Crippen molar-refractivity contribution < 1.29 is 22.4 Å². The van der Waals surface area contributed by atoms with E-state index in [2.05, 4.69) is 0 Å². The maximum Gasteiger partial charge on any atom is 0.405 e. The number of alkyl halides is 3. The standard InChI is InChI=1S/C12H15F3N2O2/c1-8-6-17(11(18)9-4-3-5-19-9)7-10(16(8)2)12(13,14)15/h3-5,8,10H,6-7H2,1-2H3. The topological polar surface area (TPSA) is 36.7 Å². The number of hydrogen-bond donors (Lipinski definition) is 0. The highest BCUT2D eigenvalue weighted by Crippen LogP contribution is 2.29. The van der Waals surface area contributed by atoms with Gasteiger partial charge in [-0.1, -0.05) is 0 Å². The second-order valence-electron chi connectivity index (χ2n) is 4.76. The van der Waals surface area contributed by atoms with Crippen LogP contribution in [0.25, 0.3) is 0 Å². The van der Waals surface area contributed by atoms with Crippen molar-refractivity contribution >= 4 is 5.91 Å². The summed E-state index contributed by atoms with van der Waals surface area (Å²) in [5.41, 5.74) is 0. The van der Waals surface area contributed by atoms with Gasteiger partial charge in [0.05, 0.1) is 6.26 Å². The third kappa shape index (κ3) is 2.75. The van der Waals surface area contributed by atoms with E-state index < -0.39 is 18.1 Å². The molecule has 2 rings (SSSR count). The van der Waals surface area contributed by atoms with Crippen LogP contribution < -0.4 is 0 Å². The number of nitrogens with zero attached hydrogens (tertiary/aromatic N) is 2. The first-order valence-electron chi connectivity index (χ1n) is 5.92. The van der Waals surface area contributed by atoms with Crippen LogP contribution in [0.4, 0.5) is 13.2 Å². The van der Waals surface area contributed by atoms with Crippen LogP contribution in [0.5, 0.6) is 0 Å². The monoisotopic (exact) mass is 276 g/mol. The quantitative estimate of drug-likeness (QED) is 0.787. The van der Waals surface area contributed by atoms with Gasteiger partial charge in [-0.05, 0) is 26.1 Å². The summed E-state index contributed by atoms with van der Waals surface area (Å²) < 4.78 is 43.8. The van der Waals surface area contributed by atoms with Gasteiger partial charge in [-0.25, -0.2) is 0 Å². The highest BCUT2D eigenvalue weighted by molar-refractivity contribution is 5.91. The maximum absolute atomic E-state index is 12.9. The molecule has 106 valence electrons. The Hall–Kier alpha value is -1.50. The predicted molar refractivity (Wildman–Crippen MR) is 61.7 cm³/mol. The van der Waals surface area contributed by atoms with Gasteiger partial charge in [0.25, 0.3) is 5.91 Å². The number of furan rings is 1. The first kappa shape index (κ1) is 13.9. The van der Waals surface area contributed by atoms with E-state index in [1.165, 1.54) is 35.2 Å². The molecule has 0 N–H and O–H groups in total. The van der Waals surface area contributed by atoms with Crippen LogP contribution in [-0.4, -0.2) is 54.1 Å². The van der Waals surface area contributed by atoms with E-state index in [0.29, 0.717) is 0 Å². The number of halogens is 3. The van der Waals surface area contributed by atoms with E-state index >= 15 is 0 Å². The Bertz CT molecular complexity index is 444. The zero-order valence-electron chi connectivity index (χ0n) is 10.6. The summed E-state index contributed by atoms with van der Waals surface area (Å²) in [5.74, 6) is -0.433. The molecule has 1 aliphatic heterocycles. The molecule has 1 fully saturated rings. The zero-order valence-corrected chi connectivity index (χ0v) is 10.6. The summed E-state index contributed by atoms with van der Waals surface area (Å²) in [6.07, 6.45) is -3.03. The first-order chi connectivity index (χ1) is 8.80. The summed E-state index contributed by atoms with van der Waals surface area (Å²) in [6, 6.07) is 0.983. The fourth-order valence-electron chi connectivity index (χ4n) is 2.22. The van der Waals surface area contributed by atoms with Crippen LogP contribution in [0, 0.1) is 0 Å². The SMILES string of the molecule is CC1CN(C(=O)c2ccco2)CC(C(F)(F)F)N1C. The largest absolute Gasteiger partial charge is 0.459 e. The van der Waals surface area contributed by atoms with Crippen molar-refractivity contribution in [3.63, 3.8) is 0 Å². The van der Waals surface area contributed by atoms with E-state index in [1.807, 2.05) is 0 Å². The maximum atomic E-state index is 12.9. The van der Waals surface area contributed by atoms with Gasteiger partial charge >= 0.3 is 6.18 Å². The minimum absolute atomic E-state index is 0.0673. The van der Waals surface area contributed by atoms with Crippen LogP contribution in [0.3, 0.4) is 0 Å². The van der Waals surface area contributed by atoms with E-state index in [9.17, 15) is 18.0 Å². The molecule has 0 bridgehead atoms. The Morgan fingerprint density at radius 1 is 1.42 bits per heavy atom. The summed E-state index contributed by atoms with van der Waals surface area (Å²) in [6.45, 7) is 1.55. The number of rotatable bonds is 1. The van der Waals surface area contributed by atoms with Crippen LogP contribution >= 0.6 is 0 Å². The van der Waals surface area contributed by atoms with Gasteiger partial charge in [0, 0.05) is 19.1 Å². The van der Waals surface area contributed by atoms with Gasteiger partial charge in [0.1, 0.15) is 6.04 Å². The third-order valence-electron chi connectivity index (χ3n) is 3.46. The van der Waals surface area contributed by atoms with Gasteiger partial charge in [0.2, 0.25) is 0 Å². The molecule has 1 aliphatic rings. The third-order valence-corrected chi connectivity index (χ3v) is 3.46. The molecule has 7 heteroatoms. The molecule has 0 spiro atoms. The summed E-state index contributed by atoms with van der Waals surface area (Å²) >= 11 is 0. The van der Waals surface area contributed by atoms with E-state index in [0.717, 1.165) is 0 Å². The van der Waals surface area contributed by atoms with Crippen molar-refractivity contribution in [2.45, 2.75) is 25.2 Å². The van der Waals surface area contributed by atoms with Crippen molar-refractivity contribution in [1.29, 1.82) is 0 Å². The molecule has 1 aromatic rings. The van der Waals surface area contributed by atoms with Crippen molar-refractivity contribution in [3.8, 4) is 0 Å². The number of likely N-dealkylation sites (N-methyl/N-ethyl adjacent to an activating group) is 1. The van der Waals surface area contributed by atoms with Gasteiger partial charge in [0.15, 0.2) is 5.76 Å². The smallest absolute Gasteiger partial charge is 0.405 e. The zero-order chi connectivity index (χ0) is 14.2. The van der Waals surface area contributed by atoms with Gasteiger partial charge in [-0.3, -0.25) is 9.69 Å². The number of carbonyl (C=O) groups excluding carboxylic acids is 1. The number of hydrogen-bond acceptors (Lipinski definition) is 3. The van der Waals surface area contributed by atoms with Crippen molar-refractivity contribution in [1.82, 2.24) is 9.80 Å². The highest BCUT2D eigenvalue weighted by Gasteiger charge is 2.48. The molecule has 2 heterocycles.